The molecule has 0 aliphatic carbocycles. The molecule has 4 aromatic rings. The van der Waals surface area contributed by atoms with Gasteiger partial charge in [-0.2, -0.15) is 0 Å². The van der Waals surface area contributed by atoms with E-state index >= 15 is 0 Å². The number of aromatic nitrogens is 1. The van der Waals surface area contributed by atoms with Crippen LogP contribution in [0.1, 0.15) is 25.0 Å². The van der Waals surface area contributed by atoms with Crippen LogP contribution in [0.2, 0.25) is 5.02 Å². The second-order valence-electron chi connectivity index (χ2n) is 6.41. The molecule has 0 saturated carbocycles. The Balaban J connectivity index is 1.52. The largest absolute Gasteiger partial charge is 0.322 e. The lowest BCUT2D eigenvalue weighted by Crippen LogP contribution is -2.14. The summed E-state index contributed by atoms with van der Waals surface area (Å²) in [6, 6.07) is 15.8. The van der Waals surface area contributed by atoms with Crippen molar-refractivity contribution in [2.45, 2.75) is 6.92 Å². The summed E-state index contributed by atoms with van der Waals surface area (Å²) in [4.78, 5) is 30.1. The molecule has 0 fully saturated rings. The van der Waals surface area contributed by atoms with Crippen LogP contribution in [0.3, 0.4) is 0 Å². The van der Waals surface area contributed by atoms with E-state index in [-0.39, 0.29) is 11.8 Å². The second-order valence-corrected chi connectivity index (χ2v) is 8.83. The molecule has 0 bridgehead atoms. The molecule has 2 heterocycles. The number of thiophene rings is 1. The number of carbonyl (C=O) groups excluding carboxylic acids is 2. The number of halogens is 1. The van der Waals surface area contributed by atoms with Crippen molar-refractivity contribution in [2.24, 2.45) is 0 Å². The van der Waals surface area contributed by atoms with Gasteiger partial charge in [-0.3, -0.25) is 9.59 Å². The Hall–Kier alpha value is -3.00. The van der Waals surface area contributed by atoms with Gasteiger partial charge in [0.15, 0.2) is 0 Å². The van der Waals surface area contributed by atoms with Crippen molar-refractivity contribution in [2.75, 3.05) is 10.6 Å². The Morgan fingerprint density at radius 2 is 1.83 bits per heavy atom. The minimum atomic E-state index is -0.301. The molecule has 0 saturated heterocycles. The lowest BCUT2D eigenvalue weighted by Gasteiger charge is -2.10. The zero-order chi connectivity index (χ0) is 21.1. The molecular formula is C22H16ClN3O2S2. The van der Waals surface area contributed by atoms with Crippen molar-refractivity contribution >= 4 is 57.5 Å². The number of anilines is 2. The number of carbonyl (C=O) groups is 2. The van der Waals surface area contributed by atoms with Crippen LogP contribution in [0.25, 0.3) is 11.3 Å². The Bertz CT molecular complexity index is 1220. The van der Waals surface area contributed by atoms with Crippen LogP contribution in [0.15, 0.2) is 65.4 Å². The topological polar surface area (TPSA) is 71.1 Å². The molecular weight excluding hydrogens is 438 g/mol. The minimum absolute atomic E-state index is 0.268. The number of nitrogens with zero attached hydrogens (tertiary/aromatic N) is 1. The number of amides is 2. The smallest absolute Gasteiger partial charge is 0.265 e. The highest BCUT2D eigenvalue weighted by atomic mass is 35.5. The van der Waals surface area contributed by atoms with Crippen LogP contribution >= 0.6 is 34.3 Å². The molecule has 2 aromatic carbocycles. The molecule has 0 aliphatic heterocycles. The molecule has 2 N–H and O–H groups in total. The third-order valence-electron chi connectivity index (χ3n) is 4.26. The third-order valence-corrected chi connectivity index (χ3v) is 6.23. The van der Waals surface area contributed by atoms with Gasteiger partial charge in [0.25, 0.3) is 11.8 Å². The van der Waals surface area contributed by atoms with Gasteiger partial charge in [-0.1, -0.05) is 29.8 Å². The highest BCUT2D eigenvalue weighted by molar-refractivity contribution is 7.12. The van der Waals surface area contributed by atoms with Gasteiger partial charge in [0.05, 0.1) is 26.3 Å². The van der Waals surface area contributed by atoms with Crippen molar-refractivity contribution in [3.8, 4) is 11.3 Å². The lowest BCUT2D eigenvalue weighted by molar-refractivity contribution is 0.101. The van der Waals surface area contributed by atoms with Crippen LogP contribution in [0.5, 0.6) is 0 Å². The number of hydrogen-bond acceptors (Lipinski definition) is 5. The normalized spacial score (nSPS) is 10.6. The van der Waals surface area contributed by atoms with E-state index in [2.05, 4.69) is 15.6 Å². The van der Waals surface area contributed by atoms with Gasteiger partial charge in [0, 0.05) is 22.2 Å². The predicted octanol–water partition coefficient (Wildman–Crippen LogP) is 6.34. The zero-order valence-corrected chi connectivity index (χ0v) is 18.2. The van der Waals surface area contributed by atoms with Crippen LogP contribution < -0.4 is 10.6 Å². The molecule has 5 nitrogen and oxygen atoms in total. The highest BCUT2D eigenvalue weighted by Gasteiger charge is 2.13. The fourth-order valence-corrected chi connectivity index (χ4v) is 4.22. The predicted molar refractivity (Wildman–Crippen MR) is 124 cm³/mol. The van der Waals surface area contributed by atoms with Gasteiger partial charge in [-0.15, -0.1) is 22.7 Å². The van der Waals surface area contributed by atoms with Gasteiger partial charge in [-0.25, -0.2) is 4.98 Å². The standard InChI is InChI=1S/C22H16ClN3O2S2/c1-13-24-19(12-30-13)14-4-2-5-16(10-14)25-21(27)15-7-8-17(23)18(11-15)26-22(28)20-6-3-9-29-20/h2-12H,1H3,(H,25,27)(H,26,28). The van der Waals surface area contributed by atoms with Gasteiger partial charge < -0.3 is 10.6 Å². The van der Waals surface area contributed by atoms with Crippen molar-refractivity contribution < 1.29 is 9.59 Å². The van der Waals surface area contributed by atoms with E-state index < -0.39 is 0 Å². The van der Waals surface area contributed by atoms with Crippen molar-refractivity contribution in [3.63, 3.8) is 0 Å². The summed E-state index contributed by atoms with van der Waals surface area (Å²) < 4.78 is 0. The van der Waals surface area contributed by atoms with E-state index in [1.807, 2.05) is 41.9 Å². The van der Waals surface area contributed by atoms with Gasteiger partial charge >= 0.3 is 0 Å². The maximum atomic E-state index is 12.8. The second kappa shape index (κ2) is 8.79. The van der Waals surface area contributed by atoms with Crippen molar-refractivity contribution in [3.05, 3.63) is 85.8 Å². The number of thiazole rings is 1. The fourth-order valence-electron chi connectivity index (χ4n) is 2.81. The van der Waals surface area contributed by atoms with E-state index in [0.717, 1.165) is 16.3 Å². The number of aryl methyl sites for hydroxylation is 1. The monoisotopic (exact) mass is 453 g/mol. The average Bonchev–Trinajstić information content (AvgIpc) is 3.42. The molecule has 0 spiro atoms. The van der Waals surface area contributed by atoms with E-state index in [0.29, 0.717) is 26.8 Å². The SMILES string of the molecule is Cc1nc(-c2cccc(NC(=O)c3ccc(Cl)c(NC(=O)c4cccs4)c3)c2)cs1. The van der Waals surface area contributed by atoms with Crippen molar-refractivity contribution in [1.82, 2.24) is 4.98 Å². The molecule has 4 rings (SSSR count). The van der Waals surface area contributed by atoms with Gasteiger partial charge in [0.2, 0.25) is 0 Å². The first kappa shape index (κ1) is 20.3. The molecule has 30 heavy (non-hydrogen) atoms. The summed E-state index contributed by atoms with van der Waals surface area (Å²) in [7, 11) is 0. The lowest BCUT2D eigenvalue weighted by atomic mass is 10.1. The van der Waals surface area contributed by atoms with E-state index in [4.69, 9.17) is 11.6 Å². The van der Waals surface area contributed by atoms with E-state index in [9.17, 15) is 9.59 Å². The zero-order valence-electron chi connectivity index (χ0n) is 15.8. The molecule has 0 radical (unpaired) electrons. The first-order valence-corrected chi connectivity index (χ1v) is 11.1. The van der Waals surface area contributed by atoms with E-state index in [1.54, 1.807) is 41.7 Å². The maximum Gasteiger partial charge on any atom is 0.265 e. The molecule has 0 aliphatic rings. The Kier molecular flexibility index (Phi) is 5.94. The van der Waals surface area contributed by atoms with E-state index in [1.165, 1.54) is 11.3 Å². The van der Waals surface area contributed by atoms with Crippen LogP contribution in [0, 0.1) is 6.92 Å². The third kappa shape index (κ3) is 4.59. The Morgan fingerprint density at radius 3 is 2.57 bits per heavy atom. The maximum absolute atomic E-state index is 12.8. The van der Waals surface area contributed by atoms with Gasteiger partial charge in [-0.05, 0) is 48.7 Å². The number of hydrogen-bond donors (Lipinski definition) is 2. The molecule has 0 unspecified atom stereocenters. The molecule has 0 atom stereocenters. The number of nitrogens with one attached hydrogen (secondary N) is 2. The average molecular weight is 454 g/mol. The highest BCUT2D eigenvalue weighted by Crippen LogP contribution is 2.27. The van der Waals surface area contributed by atoms with Crippen LogP contribution in [-0.2, 0) is 0 Å². The van der Waals surface area contributed by atoms with Crippen LogP contribution in [-0.4, -0.2) is 16.8 Å². The first-order valence-electron chi connectivity index (χ1n) is 8.98. The summed E-state index contributed by atoms with van der Waals surface area (Å²) in [5.74, 6) is -0.569. The molecule has 2 aromatic heterocycles. The molecule has 2 amide bonds. The minimum Gasteiger partial charge on any atom is -0.322 e. The Morgan fingerprint density at radius 1 is 0.967 bits per heavy atom. The number of benzene rings is 2. The Labute approximate surface area is 186 Å². The summed E-state index contributed by atoms with van der Waals surface area (Å²) in [6.45, 7) is 1.95. The fraction of sp³-hybridized carbons (Fsp3) is 0.0455. The summed E-state index contributed by atoms with van der Waals surface area (Å²) in [6.07, 6.45) is 0. The summed E-state index contributed by atoms with van der Waals surface area (Å²) in [5.41, 5.74) is 3.23. The molecule has 150 valence electrons. The molecule has 8 heteroatoms. The first-order chi connectivity index (χ1) is 14.5. The quantitative estimate of drug-likeness (QED) is 0.370. The summed E-state index contributed by atoms with van der Waals surface area (Å²) >= 11 is 9.12. The van der Waals surface area contributed by atoms with Crippen LogP contribution in [0.4, 0.5) is 11.4 Å². The number of rotatable bonds is 5. The van der Waals surface area contributed by atoms with Gasteiger partial charge in [0.1, 0.15) is 0 Å². The van der Waals surface area contributed by atoms with Crippen molar-refractivity contribution in [1.29, 1.82) is 0 Å². The summed E-state index contributed by atoms with van der Waals surface area (Å²) in [5, 5.41) is 10.8.